The number of fused-ring (bicyclic) bond motifs is 5. The lowest BCUT2D eigenvalue weighted by Gasteiger charge is -2.39. The number of benzene rings is 3. The molecule has 5 aromatic rings. The van der Waals surface area contributed by atoms with Crippen LogP contribution >= 0.6 is 7.60 Å². The molecule has 2 saturated heterocycles. The number of methoxy groups -OCH3 is 1. The third-order valence-electron chi connectivity index (χ3n) is 14.7. The van der Waals surface area contributed by atoms with Gasteiger partial charge in [-0.1, -0.05) is 44.5 Å². The van der Waals surface area contributed by atoms with E-state index in [1.165, 1.54) is 19.3 Å². The molecule has 17 heteroatoms. The van der Waals surface area contributed by atoms with Crippen LogP contribution in [0, 0.1) is 0 Å². The molecule has 6 heterocycles. The minimum absolute atomic E-state index is 0.00285. The lowest BCUT2D eigenvalue weighted by Crippen LogP contribution is -2.48. The highest BCUT2D eigenvalue weighted by Crippen LogP contribution is 2.61. The molecule has 72 heavy (non-hydrogen) atoms. The summed E-state index contributed by atoms with van der Waals surface area (Å²) in [6.07, 6.45) is 6.94. The maximum Gasteiger partial charge on any atom is 0.415 e. The summed E-state index contributed by atoms with van der Waals surface area (Å²) in [5, 5.41) is 4.20. The smallest absolute Gasteiger partial charge is 0.415 e. The van der Waals surface area contributed by atoms with E-state index in [-0.39, 0.29) is 56.4 Å². The zero-order chi connectivity index (χ0) is 50.6. The summed E-state index contributed by atoms with van der Waals surface area (Å²) >= 11 is 0. The van der Waals surface area contributed by atoms with Crippen molar-refractivity contribution < 1.29 is 46.9 Å². The van der Waals surface area contributed by atoms with Gasteiger partial charge < -0.3 is 47.7 Å². The summed E-state index contributed by atoms with van der Waals surface area (Å²) in [5.74, 6) is -1.10. The highest BCUT2D eigenvalue weighted by molar-refractivity contribution is 7.54. The lowest BCUT2D eigenvalue weighted by molar-refractivity contribution is -0.189. The standard InChI is InChI=1S/C55H66N5O11P/c1-6-42-43-32-41(70-54(64)59-29-25-39(26-30-59)58-27-11-10-12-28-58)23-24-47(43)57-50-44(42)34-60-48(50)33-46-45(52(60)62)35-67-53(63)55(46,7-2)71-49(61)18-13-15-36-19-21-38(22-20-36)56-51(72(65,68-8-3)69-9-4)37-16-14-17-40(31-37)66-5/h14,16-17,19-24,31-33,39,51,56H,6-13,15,18,25-30,34-35H2,1-5H3. The van der Waals surface area contributed by atoms with Crippen molar-refractivity contribution in [3.8, 4) is 22.9 Å². The van der Waals surface area contributed by atoms with Gasteiger partial charge in [-0.25, -0.2) is 14.6 Å². The number of amides is 1. The van der Waals surface area contributed by atoms with Crippen LogP contribution in [0.3, 0.4) is 0 Å². The van der Waals surface area contributed by atoms with Gasteiger partial charge >= 0.3 is 25.6 Å². The first kappa shape index (κ1) is 50.9. The highest BCUT2D eigenvalue weighted by atomic mass is 31.2. The zero-order valence-electron chi connectivity index (χ0n) is 42.0. The monoisotopic (exact) mass is 1000 g/mol. The summed E-state index contributed by atoms with van der Waals surface area (Å²) in [7, 11) is -2.10. The number of piperidine rings is 2. The molecule has 9 rings (SSSR count). The molecule has 0 radical (unpaired) electrons. The van der Waals surface area contributed by atoms with E-state index in [1.807, 2.05) is 61.5 Å². The van der Waals surface area contributed by atoms with Crippen molar-refractivity contribution in [1.29, 1.82) is 0 Å². The molecule has 0 saturated carbocycles. The van der Waals surface area contributed by atoms with Crippen LogP contribution in [-0.2, 0) is 64.3 Å². The van der Waals surface area contributed by atoms with E-state index in [0.717, 1.165) is 48.0 Å². The van der Waals surface area contributed by atoms with E-state index in [4.69, 9.17) is 33.0 Å². The maximum absolute atomic E-state index is 14.4. The minimum atomic E-state index is -3.67. The van der Waals surface area contributed by atoms with Gasteiger partial charge in [-0.3, -0.25) is 14.2 Å². The predicted octanol–water partition coefficient (Wildman–Crippen LogP) is 10.1. The van der Waals surface area contributed by atoms with Gasteiger partial charge in [0.1, 0.15) is 18.1 Å². The fourth-order valence-electron chi connectivity index (χ4n) is 10.9. The number of esters is 2. The molecule has 4 aliphatic heterocycles. The Morgan fingerprint density at radius 2 is 1.64 bits per heavy atom. The van der Waals surface area contributed by atoms with E-state index in [0.29, 0.717) is 83.6 Å². The number of aromatic nitrogens is 2. The molecule has 16 nitrogen and oxygen atoms in total. The second kappa shape index (κ2) is 22.0. The molecule has 3 aromatic carbocycles. The van der Waals surface area contributed by atoms with E-state index in [1.54, 1.807) is 55.5 Å². The topological polar surface area (TPSA) is 177 Å². The fraction of sp³-hybridized carbons (Fsp3) is 0.473. The summed E-state index contributed by atoms with van der Waals surface area (Å²) in [6, 6.07) is 22.6. The van der Waals surface area contributed by atoms with Crippen LogP contribution in [0.5, 0.6) is 11.5 Å². The van der Waals surface area contributed by atoms with Crippen LogP contribution in [0.1, 0.15) is 118 Å². The number of ether oxygens (including phenoxy) is 4. The van der Waals surface area contributed by atoms with Gasteiger partial charge in [0.2, 0.25) is 5.60 Å². The fourth-order valence-corrected chi connectivity index (χ4v) is 12.9. The number of nitrogens with one attached hydrogen (secondary N) is 1. The van der Waals surface area contributed by atoms with Crippen LogP contribution in [-0.4, -0.2) is 89.9 Å². The minimum Gasteiger partial charge on any atom is -0.497 e. The van der Waals surface area contributed by atoms with Crippen molar-refractivity contribution in [1.82, 2.24) is 19.4 Å². The quantitative estimate of drug-likeness (QED) is 0.0635. The molecule has 1 amide bonds. The molecule has 0 spiro atoms. The molecule has 2 atom stereocenters. The predicted molar refractivity (Wildman–Crippen MR) is 273 cm³/mol. The van der Waals surface area contributed by atoms with Crippen molar-refractivity contribution >= 4 is 42.2 Å². The van der Waals surface area contributed by atoms with E-state index < -0.39 is 30.9 Å². The first-order valence-electron chi connectivity index (χ1n) is 25.6. The van der Waals surface area contributed by atoms with Gasteiger partial charge in [-0.05, 0) is 144 Å². The van der Waals surface area contributed by atoms with Crippen molar-refractivity contribution in [2.45, 2.75) is 122 Å². The van der Waals surface area contributed by atoms with Crippen molar-refractivity contribution in [3.63, 3.8) is 0 Å². The average molecular weight is 1000 g/mol. The number of pyridine rings is 2. The van der Waals surface area contributed by atoms with Gasteiger partial charge in [0, 0.05) is 47.8 Å². The number of nitrogens with zero attached hydrogens (tertiary/aromatic N) is 4. The second-order valence-corrected chi connectivity index (χ2v) is 21.0. The summed E-state index contributed by atoms with van der Waals surface area (Å²) in [6.45, 7) is 11.3. The zero-order valence-corrected chi connectivity index (χ0v) is 42.9. The number of carbonyl (C=O) groups is 3. The van der Waals surface area contributed by atoms with E-state index in [2.05, 4.69) is 10.2 Å². The van der Waals surface area contributed by atoms with E-state index >= 15 is 0 Å². The van der Waals surface area contributed by atoms with Crippen LogP contribution in [0.15, 0.2) is 77.6 Å². The Morgan fingerprint density at radius 1 is 0.889 bits per heavy atom. The largest absolute Gasteiger partial charge is 0.497 e. The Bertz CT molecular complexity index is 2920. The number of likely N-dealkylation sites (tertiary alicyclic amines) is 2. The number of hydrogen-bond acceptors (Lipinski definition) is 14. The first-order valence-corrected chi connectivity index (χ1v) is 27.2. The van der Waals surface area contributed by atoms with Gasteiger partial charge in [0.05, 0.1) is 49.3 Å². The number of anilines is 1. The first-order chi connectivity index (χ1) is 34.9. The summed E-state index contributed by atoms with van der Waals surface area (Å²) in [5.41, 5.74) is 4.40. The number of aryl methyl sites for hydroxylation is 2. The van der Waals surface area contributed by atoms with Crippen LogP contribution in [0.2, 0.25) is 0 Å². The summed E-state index contributed by atoms with van der Waals surface area (Å²) < 4.78 is 50.4. The Hall–Kier alpha value is -6.06. The van der Waals surface area contributed by atoms with Gasteiger partial charge in [-0.15, -0.1) is 0 Å². The molecule has 2 aromatic heterocycles. The number of hydrogen-bond donors (Lipinski definition) is 1. The molecule has 0 bridgehead atoms. The van der Waals surface area contributed by atoms with Gasteiger partial charge in [-0.2, -0.15) is 0 Å². The highest BCUT2D eigenvalue weighted by Gasteiger charge is 2.50. The molecule has 1 N–H and O–H groups in total. The summed E-state index contributed by atoms with van der Waals surface area (Å²) in [4.78, 5) is 64.9. The van der Waals surface area contributed by atoms with Crippen LogP contribution < -0.4 is 20.3 Å². The third-order valence-corrected chi connectivity index (χ3v) is 17.0. The lowest BCUT2D eigenvalue weighted by atomic mass is 9.85. The van der Waals surface area contributed by atoms with Gasteiger partial charge in [0.25, 0.3) is 5.56 Å². The Kier molecular flexibility index (Phi) is 15.5. The third kappa shape index (κ3) is 10.2. The molecular weight excluding hydrogens is 938 g/mol. The van der Waals surface area contributed by atoms with Crippen LogP contribution in [0.25, 0.3) is 22.3 Å². The number of cyclic esters (lactones) is 1. The molecule has 2 unspecified atom stereocenters. The van der Waals surface area contributed by atoms with Crippen molar-refractivity contribution in [2.75, 3.05) is 51.8 Å². The Balaban J connectivity index is 0.883. The normalized spacial score (nSPS) is 18.5. The maximum atomic E-state index is 14.4. The number of carbonyl (C=O) groups excluding carboxylic acids is 3. The van der Waals surface area contributed by atoms with Crippen molar-refractivity contribution in [3.05, 3.63) is 117 Å². The SMILES string of the molecule is CCOP(=O)(OCC)C(Nc1ccc(CCCC(=O)OC2(CC)C(=O)OCc3c2cc2n(c3=O)Cc3c-2nc2ccc(OC(=O)N4CCC(N5CCCCC5)CC4)cc2c3CC)cc1)c1cccc(OC)c1. The average Bonchev–Trinajstić information content (AvgIpc) is 3.77. The molecule has 0 aliphatic carbocycles. The molecular formula is C55H66N5O11P. The van der Waals surface area contributed by atoms with E-state index in [9.17, 15) is 23.7 Å². The van der Waals surface area contributed by atoms with Crippen LogP contribution in [0.4, 0.5) is 10.5 Å². The molecule has 382 valence electrons. The molecule has 4 aliphatic rings. The van der Waals surface area contributed by atoms with Crippen molar-refractivity contribution in [2.24, 2.45) is 0 Å². The van der Waals surface area contributed by atoms with Gasteiger partial charge in [0.15, 0.2) is 5.78 Å². The Morgan fingerprint density at radius 3 is 2.33 bits per heavy atom. The number of rotatable bonds is 18. The molecule has 2 fully saturated rings. The second-order valence-electron chi connectivity index (χ2n) is 18.9. The Labute approximate surface area is 420 Å².